The summed E-state index contributed by atoms with van der Waals surface area (Å²) in [6.45, 7) is 3.05. The van der Waals surface area contributed by atoms with E-state index >= 15 is 0 Å². The molecule has 0 aromatic heterocycles. The summed E-state index contributed by atoms with van der Waals surface area (Å²) in [6, 6.07) is 0.343. The van der Waals surface area contributed by atoms with Crippen LogP contribution in [0.5, 0.6) is 5.75 Å². The molecular weight excluding hydrogens is 224 g/mol. The highest BCUT2D eigenvalue weighted by Gasteiger charge is 2.28. The minimum Gasteiger partial charge on any atom is -0.485 e. The molecule has 1 rings (SSSR count). The van der Waals surface area contributed by atoms with Gasteiger partial charge in [0.05, 0.1) is 11.6 Å². The predicted molar refractivity (Wildman–Crippen MR) is 51.9 cm³/mol. The molecule has 7 heteroatoms. The van der Waals surface area contributed by atoms with E-state index in [4.69, 9.17) is 14.8 Å². The number of hydrogen-bond donors (Lipinski definition) is 2. The summed E-state index contributed by atoms with van der Waals surface area (Å²) < 4.78 is 44.4. The van der Waals surface area contributed by atoms with E-state index in [1.54, 1.807) is 0 Å². The standard InChI is InChI=1S/C9H10BF3O3/c1-4(2)16-9-6(12)3-5(11)7(8(9)13)10(14)15/h3-4,14-15H,1-2H3. The average Bonchev–Trinajstić information content (AvgIpc) is 2.10. The molecule has 0 unspecified atom stereocenters. The fraction of sp³-hybridized carbons (Fsp3) is 0.333. The lowest BCUT2D eigenvalue weighted by Crippen LogP contribution is -2.36. The van der Waals surface area contributed by atoms with Crippen LogP contribution in [0.15, 0.2) is 6.07 Å². The van der Waals surface area contributed by atoms with Gasteiger partial charge in [-0.25, -0.2) is 13.2 Å². The van der Waals surface area contributed by atoms with Gasteiger partial charge in [-0.3, -0.25) is 0 Å². The van der Waals surface area contributed by atoms with Crippen LogP contribution in [0, 0.1) is 17.5 Å². The average molecular weight is 234 g/mol. The van der Waals surface area contributed by atoms with E-state index < -0.39 is 41.9 Å². The SMILES string of the molecule is CC(C)Oc1c(F)cc(F)c(B(O)O)c1F. The van der Waals surface area contributed by atoms with Crippen LogP contribution in [-0.2, 0) is 0 Å². The van der Waals surface area contributed by atoms with Crippen molar-refractivity contribution in [2.75, 3.05) is 0 Å². The zero-order valence-electron chi connectivity index (χ0n) is 8.67. The number of hydrogen-bond acceptors (Lipinski definition) is 3. The molecule has 16 heavy (non-hydrogen) atoms. The molecule has 0 atom stereocenters. The lowest BCUT2D eigenvalue weighted by Gasteiger charge is -2.14. The molecular formula is C9H10BF3O3. The summed E-state index contributed by atoms with van der Waals surface area (Å²) in [5.74, 6) is -4.87. The molecule has 0 spiro atoms. The molecule has 0 saturated heterocycles. The summed E-state index contributed by atoms with van der Waals surface area (Å²) in [6.07, 6.45) is -0.529. The van der Waals surface area contributed by atoms with Gasteiger partial charge in [0.15, 0.2) is 17.4 Å². The van der Waals surface area contributed by atoms with Crippen molar-refractivity contribution in [2.45, 2.75) is 20.0 Å². The first-order valence-electron chi connectivity index (χ1n) is 4.54. The van der Waals surface area contributed by atoms with Gasteiger partial charge < -0.3 is 14.8 Å². The molecule has 0 amide bonds. The van der Waals surface area contributed by atoms with E-state index in [1.807, 2.05) is 0 Å². The normalized spacial score (nSPS) is 10.8. The third kappa shape index (κ3) is 2.48. The van der Waals surface area contributed by atoms with Crippen molar-refractivity contribution in [2.24, 2.45) is 0 Å². The van der Waals surface area contributed by atoms with Crippen LogP contribution in [0.4, 0.5) is 13.2 Å². The molecule has 2 N–H and O–H groups in total. The first-order chi connectivity index (χ1) is 7.34. The van der Waals surface area contributed by atoms with E-state index in [0.29, 0.717) is 6.07 Å². The van der Waals surface area contributed by atoms with Crippen LogP contribution in [0.2, 0.25) is 0 Å². The Bertz CT molecular complexity index is 396. The predicted octanol–water partition coefficient (Wildman–Crippen LogP) is 0.571. The van der Waals surface area contributed by atoms with Gasteiger partial charge >= 0.3 is 7.12 Å². The molecule has 0 saturated carbocycles. The van der Waals surface area contributed by atoms with E-state index in [9.17, 15) is 13.2 Å². The maximum absolute atomic E-state index is 13.5. The Kier molecular flexibility index (Phi) is 3.82. The Labute approximate surface area is 90.6 Å². The van der Waals surface area contributed by atoms with E-state index in [-0.39, 0.29) is 0 Å². The molecule has 0 bridgehead atoms. The van der Waals surface area contributed by atoms with Gasteiger partial charge in [0, 0.05) is 6.07 Å². The maximum atomic E-state index is 13.5. The third-order valence-corrected chi connectivity index (χ3v) is 1.78. The van der Waals surface area contributed by atoms with Crippen molar-refractivity contribution in [3.63, 3.8) is 0 Å². The number of ether oxygens (including phenoxy) is 1. The Morgan fingerprint density at radius 3 is 2.19 bits per heavy atom. The quantitative estimate of drug-likeness (QED) is 0.751. The van der Waals surface area contributed by atoms with Crippen LogP contribution in [0.25, 0.3) is 0 Å². The minimum atomic E-state index is -2.37. The van der Waals surface area contributed by atoms with Gasteiger partial charge in [-0.2, -0.15) is 0 Å². The molecule has 0 aliphatic heterocycles. The zero-order valence-corrected chi connectivity index (χ0v) is 8.67. The van der Waals surface area contributed by atoms with Crippen molar-refractivity contribution in [3.8, 4) is 5.75 Å². The van der Waals surface area contributed by atoms with Gasteiger partial charge in [-0.1, -0.05) is 0 Å². The molecule has 88 valence electrons. The third-order valence-electron chi connectivity index (χ3n) is 1.78. The lowest BCUT2D eigenvalue weighted by molar-refractivity contribution is 0.219. The van der Waals surface area contributed by atoms with Crippen LogP contribution >= 0.6 is 0 Å². The van der Waals surface area contributed by atoms with Crippen molar-refractivity contribution >= 4 is 12.6 Å². The van der Waals surface area contributed by atoms with Gasteiger partial charge in [0.1, 0.15) is 5.82 Å². The monoisotopic (exact) mass is 234 g/mol. The number of halogens is 3. The van der Waals surface area contributed by atoms with Gasteiger partial charge in [-0.05, 0) is 13.8 Å². The number of rotatable bonds is 3. The Balaban J connectivity index is 3.33. The van der Waals surface area contributed by atoms with E-state index in [0.717, 1.165) is 0 Å². The van der Waals surface area contributed by atoms with Crippen LogP contribution < -0.4 is 10.2 Å². The molecule has 0 fully saturated rings. The Morgan fingerprint density at radius 2 is 1.75 bits per heavy atom. The summed E-state index contributed by atoms with van der Waals surface area (Å²) in [7, 11) is -2.37. The zero-order chi connectivity index (χ0) is 12.5. The fourth-order valence-electron chi connectivity index (χ4n) is 1.17. The molecule has 1 aromatic rings. The largest absolute Gasteiger partial charge is 0.494 e. The van der Waals surface area contributed by atoms with Crippen LogP contribution in [-0.4, -0.2) is 23.3 Å². The van der Waals surface area contributed by atoms with E-state index in [1.165, 1.54) is 13.8 Å². The summed E-state index contributed by atoms with van der Waals surface area (Å²) >= 11 is 0. The fourth-order valence-corrected chi connectivity index (χ4v) is 1.17. The molecule has 3 nitrogen and oxygen atoms in total. The van der Waals surface area contributed by atoms with Gasteiger partial charge in [-0.15, -0.1) is 0 Å². The Morgan fingerprint density at radius 1 is 1.19 bits per heavy atom. The molecule has 0 aliphatic carbocycles. The summed E-state index contributed by atoms with van der Waals surface area (Å²) in [4.78, 5) is 0. The van der Waals surface area contributed by atoms with Gasteiger partial charge in [0.25, 0.3) is 0 Å². The van der Waals surface area contributed by atoms with Gasteiger partial charge in [0.2, 0.25) is 0 Å². The summed E-state index contributed by atoms with van der Waals surface area (Å²) in [5.41, 5.74) is -1.03. The first-order valence-corrected chi connectivity index (χ1v) is 4.54. The lowest BCUT2D eigenvalue weighted by atomic mass is 9.79. The van der Waals surface area contributed by atoms with E-state index in [2.05, 4.69) is 0 Å². The molecule has 0 aliphatic rings. The highest BCUT2D eigenvalue weighted by atomic mass is 19.1. The second kappa shape index (κ2) is 4.75. The molecule has 1 aromatic carbocycles. The second-order valence-corrected chi connectivity index (χ2v) is 3.44. The van der Waals surface area contributed by atoms with Crippen molar-refractivity contribution in [3.05, 3.63) is 23.5 Å². The smallest absolute Gasteiger partial charge is 0.485 e. The van der Waals surface area contributed by atoms with Crippen molar-refractivity contribution < 1.29 is 28.0 Å². The summed E-state index contributed by atoms with van der Waals surface area (Å²) in [5, 5.41) is 17.5. The first kappa shape index (κ1) is 12.9. The van der Waals surface area contributed by atoms with Crippen LogP contribution in [0.1, 0.15) is 13.8 Å². The highest BCUT2D eigenvalue weighted by molar-refractivity contribution is 6.58. The highest BCUT2D eigenvalue weighted by Crippen LogP contribution is 2.22. The Hall–Kier alpha value is -1.21. The number of benzene rings is 1. The second-order valence-electron chi connectivity index (χ2n) is 3.44. The molecule has 0 radical (unpaired) electrons. The minimum absolute atomic E-state index is 0.343. The van der Waals surface area contributed by atoms with Crippen molar-refractivity contribution in [1.82, 2.24) is 0 Å². The maximum Gasteiger partial charge on any atom is 0.494 e. The molecule has 0 heterocycles. The van der Waals surface area contributed by atoms with Crippen molar-refractivity contribution in [1.29, 1.82) is 0 Å². The topological polar surface area (TPSA) is 49.7 Å². The van der Waals surface area contributed by atoms with Crippen LogP contribution in [0.3, 0.4) is 0 Å².